The van der Waals surface area contributed by atoms with Gasteiger partial charge in [0.25, 0.3) is 0 Å². The number of rotatable bonds is 5. The Kier molecular flexibility index (Phi) is 6.37. The normalized spacial score (nSPS) is 12.3. The molecule has 3 aromatic heterocycles. The van der Waals surface area contributed by atoms with Crippen LogP contribution in [0.4, 0.5) is 0 Å². The van der Waals surface area contributed by atoms with Crippen LogP contribution in [0.3, 0.4) is 0 Å². The summed E-state index contributed by atoms with van der Waals surface area (Å²) >= 11 is 20.9. The minimum Gasteiger partial charge on any atom is -0.384 e. The molecule has 1 N–H and O–H groups in total. The Bertz CT molecular complexity index is 1450. The van der Waals surface area contributed by atoms with E-state index in [1.807, 2.05) is 18.2 Å². The monoisotopic (exact) mass is 541 g/mol. The Morgan fingerprint density at radius 2 is 1.67 bits per heavy atom. The van der Waals surface area contributed by atoms with Gasteiger partial charge in [-0.05, 0) is 43.7 Å². The number of pyridine rings is 1. The standard InChI is InChI=1S/C22H18Cl3N3O3S2/c1-22(2,29)21-18(25)20(28(27-21)19-14(23)10-26-11-15(19)24)17-8-7-16(32-17)12-5-4-6-13(9-12)33(3,30)31/h4-11,29H,1-3H3. The smallest absolute Gasteiger partial charge is 0.175 e. The van der Waals surface area contributed by atoms with E-state index in [2.05, 4.69) is 10.1 Å². The first kappa shape index (κ1) is 24.2. The Morgan fingerprint density at radius 3 is 2.27 bits per heavy atom. The molecule has 0 aliphatic rings. The molecule has 0 amide bonds. The maximum Gasteiger partial charge on any atom is 0.175 e. The second kappa shape index (κ2) is 8.69. The average Bonchev–Trinajstić information content (AvgIpc) is 3.32. The molecule has 4 rings (SSSR count). The predicted octanol–water partition coefficient (Wildman–Crippen LogP) is 6.25. The van der Waals surface area contributed by atoms with Gasteiger partial charge in [0.15, 0.2) is 9.84 Å². The zero-order valence-electron chi connectivity index (χ0n) is 17.7. The summed E-state index contributed by atoms with van der Waals surface area (Å²) in [6.45, 7) is 3.17. The van der Waals surface area contributed by atoms with E-state index < -0.39 is 15.4 Å². The van der Waals surface area contributed by atoms with Crippen LogP contribution in [0.1, 0.15) is 19.5 Å². The third kappa shape index (κ3) is 4.69. The van der Waals surface area contributed by atoms with Crippen molar-refractivity contribution in [3.05, 3.63) is 69.6 Å². The highest BCUT2D eigenvalue weighted by atomic mass is 35.5. The summed E-state index contributed by atoms with van der Waals surface area (Å²) in [7, 11) is -3.34. The highest BCUT2D eigenvalue weighted by Crippen LogP contribution is 2.44. The van der Waals surface area contributed by atoms with E-state index in [4.69, 9.17) is 34.8 Å². The highest BCUT2D eigenvalue weighted by molar-refractivity contribution is 7.90. The molecule has 11 heteroatoms. The molecule has 3 heterocycles. The summed E-state index contributed by atoms with van der Waals surface area (Å²) < 4.78 is 25.4. The molecule has 0 radical (unpaired) electrons. The van der Waals surface area contributed by atoms with Gasteiger partial charge in [-0.25, -0.2) is 13.1 Å². The van der Waals surface area contributed by atoms with Gasteiger partial charge in [-0.1, -0.05) is 46.9 Å². The molecule has 0 atom stereocenters. The van der Waals surface area contributed by atoms with Crippen LogP contribution in [-0.4, -0.2) is 34.5 Å². The second-order valence-corrected chi connectivity index (χ2v) is 12.2. The number of hydrogen-bond donors (Lipinski definition) is 1. The number of aromatic nitrogens is 3. The molecule has 1 aromatic carbocycles. The molecule has 0 saturated heterocycles. The molecule has 0 unspecified atom stereocenters. The van der Waals surface area contributed by atoms with Gasteiger partial charge < -0.3 is 5.11 Å². The van der Waals surface area contributed by atoms with Gasteiger partial charge in [0.2, 0.25) is 0 Å². The fourth-order valence-electron chi connectivity index (χ4n) is 3.27. The van der Waals surface area contributed by atoms with Crippen molar-refractivity contribution in [1.29, 1.82) is 0 Å². The summed E-state index contributed by atoms with van der Waals surface area (Å²) in [5.41, 5.74) is 0.567. The fraction of sp³-hybridized carbons (Fsp3) is 0.182. The number of nitrogens with zero attached hydrogens (tertiary/aromatic N) is 3. The second-order valence-electron chi connectivity index (χ2n) is 7.90. The quantitative estimate of drug-likeness (QED) is 0.322. The lowest BCUT2D eigenvalue weighted by molar-refractivity contribution is 0.0735. The van der Waals surface area contributed by atoms with Crippen molar-refractivity contribution in [2.45, 2.75) is 24.3 Å². The van der Waals surface area contributed by atoms with Gasteiger partial charge in [0, 0.05) is 23.5 Å². The van der Waals surface area contributed by atoms with E-state index in [9.17, 15) is 13.5 Å². The minimum absolute atomic E-state index is 0.234. The van der Waals surface area contributed by atoms with Crippen molar-refractivity contribution in [1.82, 2.24) is 14.8 Å². The van der Waals surface area contributed by atoms with E-state index in [0.29, 0.717) is 11.4 Å². The van der Waals surface area contributed by atoms with Crippen LogP contribution in [0.5, 0.6) is 0 Å². The first-order valence-electron chi connectivity index (χ1n) is 9.59. The number of benzene rings is 1. The molecule has 0 fully saturated rings. The summed E-state index contributed by atoms with van der Waals surface area (Å²) in [6, 6.07) is 10.4. The molecule has 0 aliphatic carbocycles. The molecule has 0 saturated carbocycles. The Labute approximate surface area is 210 Å². The van der Waals surface area contributed by atoms with E-state index in [1.165, 1.54) is 34.7 Å². The third-order valence-electron chi connectivity index (χ3n) is 4.83. The number of halogens is 3. The molecule has 6 nitrogen and oxygen atoms in total. The van der Waals surface area contributed by atoms with Crippen LogP contribution in [0, 0.1) is 0 Å². The number of hydrogen-bond acceptors (Lipinski definition) is 6. The van der Waals surface area contributed by atoms with Crippen molar-refractivity contribution in [3.63, 3.8) is 0 Å². The van der Waals surface area contributed by atoms with Crippen LogP contribution in [0.25, 0.3) is 26.7 Å². The Balaban J connectivity index is 1.93. The van der Waals surface area contributed by atoms with Crippen LogP contribution < -0.4 is 0 Å². The first-order chi connectivity index (χ1) is 15.4. The van der Waals surface area contributed by atoms with Gasteiger partial charge in [-0.2, -0.15) is 5.10 Å². The number of aliphatic hydroxyl groups is 1. The fourth-order valence-corrected chi connectivity index (χ4v) is 6.01. The summed E-state index contributed by atoms with van der Waals surface area (Å²) in [6.07, 6.45) is 4.07. The summed E-state index contributed by atoms with van der Waals surface area (Å²) in [5, 5.41) is 16.0. The van der Waals surface area contributed by atoms with Crippen molar-refractivity contribution in [2.75, 3.05) is 6.26 Å². The van der Waals surface area contributed by atoms with E-state index in [1.54, 1.807) is 32.0 Å². The Hall–Kier alpha value is -1.94. The molecule has 0 spiro atoms. The van der Waals surface area contributed by atoms with Gasteiger partial charge in [-0.3, -0.25) is 4.98 Å². The van der Waals surface area contributed by atoms with Gasteiger partial charge >= 0.3 is 0 Å². The summed E-state index contributed by atoms with van der Waals surface area (Å²) in [4.78, 5) is 5.78. The lowest BCUT2D eigenvalue weighted by Gasteiger charge is -2.14. The molecule has 0 bridgehead atoms. The van der Waals surface area contributed by atoms with Crippen LogP contribution in [0.2, 0.25) is 15.1 Å². The van der Waals surface area contributed by atoms with Crippen LogP contribution in [0.15, 0.2) is 53.7 Å². The minimum atomic E-state index is -3.34. The topological polar surface area (TPSA) is 85.1 Å². The molecule has 4 aromatic rings. The van der Waals surface area contributed by atoms with Crippen molar-refractivity contribution in [2.24, 2.45) is 0 Å². The lowest BCUT2D eigenvalue weighted by atomic mass is 10.1. The molecular weight excluding hydrogens is 525 g/mol. The largest absolute Gasteiger partial charge is 0.384 e. The van der Waals surface area contributed by atoms with Crippen LogP contribution in [-0.2, 0) is 15.4 Å². The van der Waals surface area contributed by atoms with Crippen molar-refractivity contribution >= 4 is 56.0 Å². The van der Waals surface area contributed by atoms with Gasteiger partial charge in [0.05, 0.1) is 24.8 Å². The van der Waals surface area contributed by atoms with Crippen LogP contribution >= 0.6 is 46.1 Å². The molecule has 33 heavy (non-hydrogen) atoms. The molecular formula is C22H18Cl3N3O3S2. The van der Waals surface area contributed by atoms with Gasteiger partial charge in [-0.15, -0.1) is 11.3 Å². The third-order valence-corrected chi connectivity index (χ3v) is 8.00. The molecule has 0 aliphatic heterocycles. The summed E-state index contributed by atoms with van der Waals surface area (Å²) in [5.74, 6) is 0. The van der Waals surface area contributed by atoms with E-state index in [0.717, 1.165) is 15.3 Å². The molecule has 172 valence electrons. The highest BCUT2D eigenvalue weighted by Gasteiger charge is 2.30. The maximum absolute atomic E-state index is 12.0. The Morgan fingerprint density at radius 1 is 1.03 bits per heavy atom. The SMILES string of the molecule is CC(C)(O)c1nn(-c2c(Cl)cncc2Cl)c(-c2ccc(-c3cccc(S(C)(=O)=O)c3)s2)c1Cl. The zero-order chi connectivity index (χ0) is 24.1. The lowest BCUT2D eigenvalue weighted by Crippen LogP contribution is -2.17. The van der Waals surface area contributed by atoms with Crippen molar-refractivity contribution in [3.8, 4) is 26.7 Å². The predicted molar refractivity (Wildman–Crippen MR) is 133 cm³/mol. The number of thiophene rings is 1. The average molecular weight is 543 g/mol. The van der Waals surface area contributed by atoms with E-state index >= 15 is 0 Å². The maximum atomic E-state index is 12.0. The zero-order valence-corrected chi connectivity index (χ0v) is 21.6. The number of sulfone groups is 1. The van der Waals surface area contributed by atoms with Gasteiger partial charge in [0.1, 0.15) is 22.7 Å². The van der Waals surface area contributed by atoms with E-state index in [-0.39, 0.29) is 25.7 Å². The first-order valence-corrected chi connectivity index (χ1v) is 13.4. The van der Waals surface area contributed by atoms with Crippen molar-refractivity contribution < 1.29 is 13.5 Å².